The molecule has 0 aromatic heterocycles. The van der Waals surface area contributed by atoms with Crippen LogP contribution in [0.25, 0.3) is 0 Å². The van der Waals surface area contributed by atoms with E-state index in [1.165, 1.54) is 12.2 Å². The maximum absolute atomic E-state index is 11.2. The highest BCUT2D eigenvalue weighted by atomic mass is 16.6. The lowest BCUT2D eigenvalue weighted by Gasteiger charge is -2.28. The van der Waals surface area contributed by atoms with Gasteiger partial charge in [0, 0.05) is 20.2 Å². The smallest absolute Gasteiger partial charge is 0.278 e. The molecule has 13 heavy (non-hydrogen) atoms. The van der Waals surface area contributed by atoms with Crippen molar-refractivity contribution < 1.29 is 9.99 Å². The Morgan fingerprint density at radius 3 is 2.69 bits per heavy atom. The van der Waals surface area contributed by atoms with Gasteiger partial charge in [0.15, 0.2) is 0 Å². The molecule has 1 aliphatic rings. The number of hydrogen-bond donors (Lipinski definition) is 1. The lowest BCUT2D eigenvalue weighted by atomic mass is 10.3. The maximum Gasteiger partial charge on any atom is 0.278 e. The molecule has 1 aliphatic heterocycles. The van der Waals surface area contributed by atoms with Crippen LogP contribution in [0.2, 0.25) is 0 Å². The average Bonchev–Trinajstić information content (AvgIpc) is 2.04. The van der Waals surface area contributed by atoms with Crippen LogP contribution in [0.15, 0.2) is 23.7 Å². The lowest BCUT2D eigenvalue weighted by Crippen LogP contribution is -3.06. The Morgan fingerprint density at radius 1 is 1.62 bits per heavy atom. The Morgan fingerprint density at radius 2 is 2.23 bits per heavy atom. The molecule has 0 saturated carbocycles. The summed E-state index contributed by atoms with van der Waals surface area (Å²) in [5.74, 6) is 0.384. The van der Waals surface area contributed by atoms with Crippen molar-refractivity contribution in [2.24, 2.45) is 0 Å². The zero-order valence-electron chi connectivity index (χ0n) is 7.48. The first-order valence-corrected chi connectivity index (χ1v) is 3.79. The molecular weight excluding hydrogens is 174 g/mol. The van der Waals surface area contributed by atoms with Gasteiger partial charge in [-0.2, -0.15) is 0 Å². The molecule has 0 spiro atoms. The van der Waals surface area contributed by atoms with Gasteiger partial charge in [0.1, 0.15) is 6.54 Å². The van der Waals surface area contributed by atoms with Gasteiger partial charge in [0.25, 0.3) is 5.70 Å². The average molecular weight is 185 g/mol. The van der Waals surface area contributed by atoms with E-state index < -0.39 is 4.92 Å². The summed E-state index contributed by atoms with van der Waals surface area (Å²) in [5.41, 5.74) is -0.0108. The number of quaternary nitrogens is 1. The number of nitrogens with one attached hydrogen (secondary N) is 1. The van der Waals surface area contributed by atoms with Gasteiger partial charge < -0.3 is 15.2 Å². The quantitative estimate of drug-likeness (QED) is 0.338. The van der Waals surface area contributed by atoms with Gasteiger partial charge in [-0.1, -0.05) is 0 Å². The maximum atomic E-state index is 11.2. The number of nitro groups is 1. The molecule has 0 fully saturated rings. The summed E-state index contributed by atoms with van der Waals surface area (Å²) >= 11 is 0. The van der Waals surface area contributed by atoms with E-state index in [2.05, 4.69) is 0 Å². The Labute approximate surface area is 75.5 Å². The van der Waals surface area contributed by atoms with Crippen LogP contribution < -0.4 is 5.06 Å². The minimum absolute atomic E-state index is 0.0108. The summed E-state index contributed by atoms with van der Waals surface area (Å²) in [7, 11) is 3.37. The van der Waals surface area contributed by atoms with E-state index in [1.54, 1.807) is 19.0 Å². The Bertz CT molecular complexity index is 283. The van der Waals surface area contributed by atoms with Crippen molar-refractivity contribution in [2.75, 3.05) is 20.6 Å². The van der Waals surface area contributed by atoms with Crippen molar-refractivity contribution in [1.82, 2.24) is 4.90 Å². The van der Waals surface area contributed by atoms with Gasteiger partial charge in [-0.05, 0) is 0 Å². The molecular formula is C7H11N3O3. The van der Waals surface area contributed by atoms with Gasteiger partial charge in [0.05, 0.1) is 11.0 Å². The Hall–Kier alpha value is -1.40. The zero-order chi connectivity index (χ0) is 10.0. The second-order valence-corrected chi connectivity index (χ2v) is 2.94. The van der Waals surface area contributed by atoms with E-state index in [0.29, 0.717) is 5.82 Å². The summed E-state index contributed by atoms with van der Waals surface area (Å²) in [4.78, 5) is 11.5. The van der Waals surface area contributed by atoms with E-state index in [4.69, 9.17) is 0 Å². The number of rotatable bonds is 2. The molecule has 1 atom stereocenters. The first kappa shape index (κ1) is 9.69. The van der Waals surface area contributed by atoms with E-state index in [-0.39, 0.29) is 17.3 Å². The second-order valence-electron chi connectivity index (χ2n) is 2.94. The zero-order valence-corrected chi connectivity index (χ0v) is 7.48. The molecule has 1 unspecified atom stereocenters. The molecule has 0 saturated heterocycles. The van der Waals surface area contributed by atoms with Gasteiger partial charge in [-0.25, -0.2) is 0 Å². The van der Waals surface area contributed by atoms with Crippen LogP contribution in [0, 0.1) is 15.3 Å². The molecule has 6 heteroatoms. The molecule has 0 aromatic carbocycles. The fraction of sp³-hybridized carbons (Fsp3) is 0.429. The van der Waals surface area contributed by atoms with Crippen LogP contribution >= 0.6 is 0 Å². The van der Waals surface area contributed by atoms with Crippen LogP contribution in [0.1, 0.15) is 0 Å². The SMILES string of the molecule is CN(C)C1=CC([N+](=O)[O-])=CC[NH+]1[O-]. The normalized spacial score (nSPS) is 21.9. The highest BCUT2D eigenvalue weighted by Gasteiger charge is 2.20. The first-order chi connectivity index (χ1) is 6.02. The summed E-state index contributed by atoms with van der Waals surface area (Å²) in [6, 6.07) is 0. The second kappa shape index (κ2) is 3.55. The summed E-state index contributed by atoms with van der Waals surface area (Å²) in [6.45, 7) is 0.111. The van der Waals surface area contributed by atoms with Crippen molar-refractivity contribution in [2.45, 2.75) is 0 Å². The van der Waals surface area contributed by atoms with Crippen molar-refractivity contribution in [3.63, 3.8) is 0 Å². The minimum Gasteiger partial charge on any atom is -0.628 e. The van der Waals surface area contributed by atoms with Crippen molar-refractivity contribution in [1.29, 1.82) is 0 Å². The molecule has 0 aliphatic carbocycles. The highest BCUT2D eigenvalue weighted by Crippen LogP contribution is 2.04. The molecule has 0 aromatic rings. The fourth-order valence-electron chi connectivity index (χ4n) is 1.09. The van der Waals surface area contributed by atoms with E-state index in [9.17, 15) is 15.3 Å². The minimum atomic E-state index is -0.490. The lowest BCUT2D eigenvalue weighted by molar-refractivity contribution is -0.810. The van der Waals surface area contributed by atoms with Gasteiger partial charge in [0.2, 0.25) is 5.82 Å². The van der Waals surface area contributed by atoms with Crippen LogP contribution in [-0.4, -0.2) is 30.5 Å². The number of nitrogens with zero attached hydrogens (tertiary/aromatic N) is 2. The van der Waals surface area contributed by atoms with E-state index in [1.807, 2.05) is 0 Å². The molecule has 1 heterocycles. The third-order valence-electron chi connectivity index (χ3n) is 1.76. The third kappa shape index (κ3) is 2.04. The van der Waals surface area contributed by atoms with Crippen LogP contribution in [0.5, 0.6) is 0 Å². The number of hydrogen-bond acceptors (Lipinski definition) is 4. The van der Waals surface area contributed by atoms with E-state index in [0.717, 1.165) is 0 Å². The summed E-state index contributed by atoms with van der Waals surface area (Å²) < 4.78 is 0. The summed E-state index contributed by atoms with van der Waals surface area (Å²) in [6.07, 6.45) is 2.63. The molecule has 0 amide bonds. The fourth-order valence-corrected chi connectivity index (χ4v) is 1.09. The van der Waals surface area contributed by atoms with Crippen molar-refractivity contribution in [3.05, 3.63) is 39.0 Å². The Kier molecular flexibility index (Phi) is 2.64. The predicted octanol–water partition coefficient (Wildman–Crippen LogP) is -1.05. The topological polar surface area (TPSA) is 73.9 Å². The largest absolute Gasteiger partial charge is 0.628 e. The molecule has 0 bridgehead atoms. The van der Waals surface area contributed by atoms with Crippen molar-refractivity contribution >= 4 is 0 Å². The van der Waals surface area contributed by atoms with Crippen molar-refractivity contribution in [3.8, 4) is 0 Å². The summed E-state index contributed by atoms with van der Waals surface area (Å²) in [5, 5.41) is 21.5. The molecule has 1 rings (SSSR count). The third-order valence-corrected chi connectivity index (χ3v) is 1.76. The van der Waals surface area contributed by atoms with E-state index >= 15 is 0 Å². The monoisotopic (exact) mass is 185 g/mol. The van der Waals surface area contributed by atoms with Gasteiger partial charge >= 0.3 is 0 Å². The van der Waals surface area contributed by atoms with Gasteiger partial charge in [-0.15, -0.1) is 0 Å². The Balaban J connectivity index is 2.91. The first-order valence-electron chi connectivity index (χ1n) is 3.79. The standard InChI is InChI=1S/C7H11N3O3/c1-8(2)7-5-6(10(12)13)3-4-9(7)11/h3,5,9H,4H2,1-2H3. The van der Waals surface area contributed by atoms with Crippen LogP contribution in [-0.2, 0) is 0 Å². The molecule has 6 nitrogen and oxygen atoms in total. The molecule has 1 N–H and O–H groups in total. The van der Waals surface area contributed by atoms with Crippen LogP contribution in [0.3, 0.4) is 0 Å². The molecule has 72 valence electrons. The van der Waals surface area contributed by atoms with Crippen LogP contribution in [0.4, 0.5) is 0 Å². The molecule has 0 radical (unpaired) electrons. The number of allylic oxidation sites excluding steroid dienone is 1. The highest BCUT2D eigenvalue weighted by molar-refractivity contribution is 5.16. The predicted molar refractivity (Wildman–Crippen MR) is 46.0 cm³/mol. The van der Waals surface area contributed by atoms with Gasteiger partial charge in [-0.3, -0.25) is 10.1 Å². The number of hydroxylamine groups is 2.